The van der Waals surface area contributed by atoms with Crippen LogP contribution in [-0.4, -0.2) is 6.54 Å². The summed E-state index contributed by atoms with van der Waals surface area (Å²) in [5.74, 6) is 0.594. The maximum atomic E-state index is 13.4. The molecule has 0 amide bonds. The first-order chi connectivity index (χ1) is 8.25. The van der Waals surface area contributed by atoms with Crippen LogP contribution in [0.25, 0.3) is 0 Å². The summed E-state index contributed by atoms with van der Waals surface area (Å²) in [6.07, 6.45) is 7.89. The maximum Gasteiger partial charge on any atom is 0.146 e. The molecule has 1 N–H and O–H groups in total. The van der Waals surface area contributed by atoms with E-state index in [2.05, 4.69) is 5.32 Å². The average Bonchev–Trinajstić information content (AvgIpc) is 2.35. The molecule has 17 heavy (non-hydrogen) atoms. The third kappa shape index (κ3) is 3.88. The molecule has 0 heterocycles. The van der Waals surface area contributed by atoms with Gasteiger partial charge in [0.1, 0.15) is 5.82 Å². The van der Waals surface area contributed by atoms with E-state index in [9.17, 15) is 4.39 Å². The summed E-state index contributed by atoms with van der Waals surface area (Å²) < 4.78 is 13.4. The van der Waals surface area contributed by atoms with Gasteiger partial charge in [0.25, 0.3) is 0 Å². The van der Waals surface area contributed by atoms with Crippen molar-refractivity contribution in [2.75, 3.05) is 11.9 Å². The maximum absolute atomic E-state index is 13.4. The Labute approximate surface area is 107 Å². The molecule has 0 bridgehead atoms. The largest absolute Gasteiger partial charge is 0.383 e. The van der Waals surface area contributed by atoms with Gasteiger partial charge < -0.3 is 5.32 Å². The number of anilines is 1. The normalized spacial score (nSPS) is 17.1. The van der Waals surface area contributed by atoms with E-state index in [1.165, 1.54) is 38.2 Å². The van der Waals surface area contributed by atoms with Crippen LogP contribution >= 0.6 is 11.6 Å². The van der Waals surface area contributed by atoms with Gasteiger partial charge in [-0.15, -0.1) is 0 Å². The number of hydrogen-bond acceptors (Lipinski definition) is 1. The van der Waals surface area contributed by atoms with Crippen LogP contribution in [0.4, 0.5) is 10.1 Å². The van der Waals surface area contributed by atoms with Gasteiger partial charge in [0.2, 0.25) is 0 Å². The Kier molecular flexibility index (Phi) is 4.66. The molecular weight excluding hydrogens is 237 g/mol. The van der Waals surface area contributed by atoms with E-state index >= 15 is 0 Å². The number of benzene rings is 1. The highest BCUT2D eigenvalue weighted by Gasteiger charge is 2.13. The molecule has 1 aromatic rings. The molecule has 0 radical (unpaired) electrons. The minimum Gasteiger partial charge on any atom is -0.383 e. The Hall–Kier alpha value is -0.760. The van der Waals surface area contributed by atoms with Crippen molar-refractivity contribution in [2.45, 2.75) is 38.5 Å². The van der Waals surface area contributed by atoms with Gasteiger partial charge in [-0.3, -0.25) is 0 Å². The van der Waals surface area contributed by atoms with E-state index in [-0.39, 0.29) is 5.82 Å². The Morgan fingerprint density at radius 3 is 2.76 bits per heavy atom. The van der Waals surface area contributed by atoms with E-state index < -0.39 is 0 Å². The zero-order valence-electron chi connectivity index (χ0n) is 10.0. The second kappa shape index (κ2) is 6.25. The fourth-order valence-electron chi connectivity index (χ4n) is 2.52. The predicted molar refractivity (Wildman–Crippen MR) is 71.1 cm³/mol. The summed E-state index contributed by atoms with van der Waals surface area (Å²) >= 11 is 5.84. The third-order valence-electron chi connectivity index (χ3n) is 3.52. The van der Waals surface area contributed by atoms with Crippen LogP contribution in [0.5, 0.6) is 0 Å². The summed E-state index contributed by atoms with van der Waals surface area (Å²) in [4.78, 5) is 0. The molecule has 0 aromatic heterocycles. The summed E-state index contributed by atoms with van der Waals surface area (Å²) in [5, 5.41) is 3.72. The van der Waals surface area contributed by atoms with Gasteiger partial charge in [0.05, 0.1) is 5.69 Å². The van der Waals surface area contributed by atoms with Crippen molar-refractivity contribution in [3.8, 4) is 0 Å². The molecule has 0 aliphatic heterocycles. The Morgan fingerprint density at radius 1 is 1.24 bits per heavy atom. The fraction of sp³-hybridized carbons (Fsp3) is 0.571. The molecule has 2 rings (SSSR count). The summed E-state index contributed by atoms with van der Waals surface area (Å²) in [6.45, 7) is 0.835. The van der Waals surface area contributed by atoms with Gasteiger partial charge >= 0.3 is 0 Å². The lowest BCUT2D eigenvalue weighted by Gasteiger charge is -2.21. The number of halogens is 2. The van der Waals surface area contributed by atoms with E-state index in [0.717, 1.165) is 18.9 Å². The van der Waals surface area contributed by atoms with Crippen molar-refractivity contribution in [3.63, 3.8) is 0 Å². The van der Waals surface area contributed by atoms with Crippen LogP contribution in [0.1, 0.15) is 38.5 Å². The zero-order valence-corrected chi connectivity index (χ0v) is 10.8. The average molecular weight is 256 g/mol. The predicted octanol–water partition coefficient (Wildman–Crippen LogP) is 4.86. The topological polar surface area (TPSA) is 12.0 Å². The highest BCUT2D eigenvalue weighted by molar-refractivity contribution is 6.30. The Balaban J connectivity index is 1.79. The lowest BCUT2D eigenvalue weighted by Crippen LogP contribution is -2.12. The SMILES string of the molecule is Fc1ccc(Cl)cc1NCCC1CCCCC1. The van der Waals surface area contributed by atoms with Crippen molar-refractivity contribution >= 4 is 17.3 Å². The number of nitrogens with one attached hydrogen (secondary N) is 1. The summed E-state index contributed by atoms with van der Waals surface area (Å²) in [7, 11) is 0. The highest BCUT2D eigenvalue weighted by atomic mass is 35.5. The van der Waals surface area contributed by atoms with Gasteiger partial charge in [-0.25, -0.2) is 4.39 Å². The van der Waals surface area contributed by atoms with Crippen LogP contribution in [-0.2, 0) is 0 Å². The minimum absolute atomic E-state index is 0.224. The van der Waals surface area contributed by atoms with E-state index in [1.54, 1.807) is 12.1 Å². The highest BCUT2D eigenvalue weighted by Crippen LogP contribution is 2.26. The molecule has 1 nitrogen and oxygen atoms in total. The second-order valence-corrected chi connectivity index (χ2v) is 5.28. The van der Waals surface area contributed by atoms with Crippen molar-refractivity contribution in [1.82, 2.24) is 0 Å². The molecule has 94 valence electrons. The van der Waals surface area contributed by atoms with Crippen LogP contribution in [0.3, 0.4) is 0 Å². The van der Waals surface area contributed by atoms with Crippen molar-refractivity contribution in [1.29, 1.82) is 0 Å². The molecule has 0 unspecified atom stereocenters. The lowest BCUT2D eigenvalue weighted by molar-refractivity contribution is 0.345. The minimum atomic E-state index is -0.224. The van der Waals surface area contributed by atoms with Gasteiger partial charge in [-0.05, 0) is 30.5 Å². The molecule has 1 fully saturated rings. The molecule has 0 saturated heterocycles. The van der Waals surface area contributed by atoms with Crippen LogP contribution in [0.2, 0.25) is 5.02 Å². The molecule has 1 saturated carbocycles. The van der Waals surface area contributed by atoms with Crippen LogP contribution in [0, 0.1) is 11.7 Å². The summed E-state index contributed by atoms with van der Waals surface area (Å²) in [5.41, 5.74) is 0.522. The van der Waals surface area contributed by atoms with Gasteiger partial charge in [0.15, 0.2) is 0 Å². The van der Waals surface area contributed by atoms with Crippen LogP contribution in [0.15, 0.2) is 18.2 Å². The molecule has 1 aliphatic rings. The lowest BCUT2D eigenvalue weighted by atomic mass is 9.87. The van der Waals surface area contributed by atoms with Gasteiger partial charge in [-0.2, -0.15) is 0 Å². The molecule has 1 aromatic carbocycles. The quantitative estimate of drug-likeness (QED) is 0.810. The fourth-order valence-corrected chi connectivity index (χ4v) is 2.69. The van der Waals surface area contributed by atoms with E-state index in [1.807, 2.05) is 0 Å². The Bertz CT molecular complexity index is 361. The smallest absolute Gasteiger partial charge is 0.146 e. The molecular formula is C14H19ClFN. The van der Waals surface area contributed by atoms with E-state index in [0.29, 0.717) is 10.7 Å². The van der Waals surface area contributed by atoms with Crippen LogP contribution < -0.4 is 5.32 Å². The van der Waals surface area contributed by atoms with Crippen molar-refractivity contribution in [2.24, 2.45) is 5.92 Å². The zero-order chi connectivity index (χ0) is 12.1. The first kappa shape index (κ1) is 12.7. The van der Waals surface area contributed by atoms with Crippen molar-refractivity contribution in [3.05, 3.63) is 29.0 Å². The Morgan fingerprint density at radius 2 is 2.00 bits per heavy atom. The molecule has 3 heteroatoms. The first-order valence-corrected chi connectivity index (χ1v) is 6.82. The van der Waals surface area contributed by atoms with Gasteiger partial charge in [-0.1, -0.05) is 43.7 Å². The second-order valence-electron chi connectivity index (χ2n) is 4.84. The first-order valence-electron chi connectivity index (χ1n) is 6.44. The third-order valence-corrected chi connectivity index (χ3v) is 3.76. The monoisotopic (exact) mass is 255 g/mol. The van der Waals surface area contributed by atoms with E-state index in [4.69, 9.17) is 11.6 Å². The molecule has 1 aliphatic carbocycles. The standard InChI is InChI=1S/C14H19ClFN/c15-12-6-7-13(16)14(10-12)17-9-8-11-4-2-1-3-5-11/h6-7,10-11,17H,1-5,8-9H2. The molecule has 0 spiro atoms. The van der Waals surface area contributed by atoms with Gasteiger partial charge in [0, 0.05) is 11.6 Å². The van der Waals surface area contributed by atoms with Crippen molar-refractivity contribution < 1.29 is 4.39 Å². The number of rotatable bonds is 4. The molecule has 0 atom stereocenters. The number of hydrogen-bond donors (Lipinski definition) is 1. The summed E-state index contributed by atoms with van der Waals surface area (Å²) in [6, 6.07) is 4.63.